The lowest BCUT2D eigenvalue weighted by Crippen LogP contribution is -2.59. The summed E-state index contributed by atoms with van der Waals surface area (Å²) in [5, 5.41) is 3.06. The third-order valence-corrected chi connectivity index (χ3v) is 9.36. The molecule has 0 bridgehead atoms. The molecule has 2 amide bonds. The Bertz CT molecular complexity index is 719. The maximum atomic E-state index is 12.2. The molecule has 0 aromatic heterocycles. The van der Waals surface area contributed by atoms with Crippen LogP contribution >= 0.6 is 0 Å². The molecule has 1 N–H and O–H groups in total. The van der Waals surface area contributed by atoms with Gasteiger partial charge in [0.2, 0.25) is 5.91 Å². The largest absolute Gasteiger partial charge is 0.449 e. The Kier molecular flexibility index (Phi) is 5.69. The minimum Gasteiger partial charge on any atom is -0.449 e. The molecule has 3 aliphatic carbocycles. The number of likely N-dealkylation sites (N-methyl/N-ethyl adjacent to an activating group) is 1. The molecule has 7 atom stereocenters. The molecule has 0 radical (unpaired) electrons. The number of nitrogens with one attached hydrogen (secondary N) is 1. The number of hydrogen-bond donors (Lipinski definition) is 1. The van der Waals surface area contributed by atoms with E-state index >= 15 is 0 Å². The standard InChI is InChI=1S/C25H40N2O3/c1-16(2)15-30-23(29)26-14-17-6-8-19-18-7-9-21-25(4,13-11-22(28)27(21)5)20(18)10-12-24(17,19)3/h11,13,16-21H,6-10,12,14-15H2,1-5H3,(H,26,29)/t17-,18+,19+,20+,21-,24-,25-/m1/s1. The number of nitrogens with zero attached hydrogens (tertiary/aromatic N) is 1. The van der Waals surface area contributed by atoms with E-state index in [1.165, 1.54) is 32.1 Å². The topological polar surface area (TPSA) is 58.6 Å². The third kappa shape index (κ3) is 3.46. The Balaban J connectivity index is 1.44. The molecule has 1 heterocycles. The molecule has 5 heteroatoms. The van der Waals surface area contributed by atoms with Crippen molar-refractivity contribution in [3.05, 3.63) is 12.2 Å². The number of fused-ring (bicyclic) bond motifs is 5. The second-order valence-electron chi connectivity index (χ2n) is 11.3. The van der Waals surface area contributed by atoms with Gasteiger partial charge in [0.25, 0.3) is 0 Å². The van der Waals surface area contributed by atoms with Gasteiger partial charge in [-0.25, -0.2) is 4.79 Å². The summed E-state index contributed by atoms with van der Waals surface area (Å²) >= 11 is 0. The van der Waals surface area contributed by atoms with E-state index in [4.69, 9.17) is 4.74 Å². The highest BCUT2D eigenvalue weighted by Crippen LogP contribution is 2.65. The van der Waals surface area contributed by atoms with Crippen molar-refractivity contribution < 1.29 is 14.3 Å². The van der Waals surface area contributed by atoms with Crippen molar-refractivity contribution in [2.75, 3.05) is 20.2 Å². The Labute approximate surface area is 182 Å². The van der Waals surface area contributed by atoms with Crippen molar-refractivity contribution in [2.45, 2.75) is 72.3 Å². The maximum Gasteiger partial charge on any atom is 0.407 e. The predicted molar refractivity (Wildman–Crippen MR) is 118 cm³/mol. The van der Waals surface area contributed by atoms with Gasteiger partial charge in [0, 0.05) is 25.0 Å². The summed E-state index contributed by atoms with van der Waals surface area (Å²) in [6, 6.07) is 0.343. The van der Waals surface area contributed by atoms with E-state index in [1.807, 2.05) is 18.0 Å². The highest BCUT2D eigenvalue weighted by molar-refractivity contribution is 5.89. The quantitative estimate of drug-likeness (QED) is 0.727. The Morgan fingerprint density at radius 3 is 2.70 bits per heavy atom. The van der Waals surface area contributed by atoms with Gasteiger partial charge in [0.05, 0.1) is 6.61 Å². The minimum atomic E-state index is -0.266. The average molecular weight is 417 g/mol. The number of amides is 2. The van der Waals surface area contributed by atoms with E-state index in [9.17, 15) is 9.59 Å². The fourth-order valence-electron chi connectivity index (χ4n) is 7.68. The second kappa shape index (κ2) is 7.87. The summed E-state index contributed by atoms with van der Waals surface area (Å²) in [6.45, 7) is 10.2. The molecule has 0 aromatic carbocycles. The number of ether oxygens (including phenoxy) is 1. The average Bonchev–Trinajstić information content (AvgIpc) is 3.04. The molecule has 0 spiro atoms. The zero-order chi connectivity index (χ0) is 21.7. The molecule has 5 nitrogen and oxygen atoms in total. The highest BCUT2D eigenvalue weighted by atomic mass is 16.5. The normalized spacial score (nSPS) is 42.5. The first-order valence-electron chi connectivity index (χ1n) is 12.0. The Morgan fingerprint density at radius 1 is 1.20 bits per heavy atom. The Morgan fingerprint density at radius 2 is 1.97 bits per heavy atom. The van der Waals surface area contributed by atoms with Gasteiger partial charge >= 0.3 is 6.09 Å². The lowest BCUT2D eigenvalue weighted by atomic mass is 9.47. The molecule has 1 aliphatic heterocycles. The first-order chi connectivity index (χ1) is 14.2. The number of carbonyl (C=O) groups excluding carboxylic acids is 2. The van der Waals surface area contributed by atoms with Crippen LogP contribution in [0.5, 0.6) is 0 Å². The van der Waals surface area contributed by atoms with Gasteiger partial charge in [0.15, 0.2) is 0 Å². The van der Waals surface area contributed by atoms with Crippen molar-refractivity contribution in [3.63, 3.8) is 0 Å². The van der Waals surface area contributed by atoms with Crippen molar-refractivity contribution in [2.24, 2.45) is 40.4 Å². The van der Waals surface area contributed by atoms with Gasteiger partial charge in [-0.1, -0.05) is 33.8 Å². The Hall–Kier alpha value is -1.52. The van der Waals surface area contributed by atoms with Crippen LogP contribution in [-0.2, 0) is 9.53 Å². The summed E-state index contributed by atoms with van der Waals surface area (Å²) in [5.41, 5.74) is 0.402. The SMILES string of the molecule is CC(C)COC(=O)NC[C@H]1CC[C@H]2[C@@H]3CC[C@H]4N(C)C(=O)C=C[C@]4(C)[C@H]3CC[C@]12C. The van der Waals surface area contributed by atoms with Crippen LogP contribution in [0.15, 0.2) is 12.2 Å². The smallest absolute Gasteiger partial charge is 0.407 e. The van der Waals surface area contributed by atoms with E-state index in [0.29, 0.717) is 35.8 Å². The molecule has 4 rings (SSSR count). The van der Waals surface area contributed by atoms with E-state index in [1.54, 1.807) is 0 Å². The van der Waals surface area contributed by atoms with Crippen molar-refractivity contribution in [3.8, 4) is 0 Å². The molecule has 0 aromatic rings. The molecule has 0 unspecified atom stereocenters. The molecule has 3 fully saturated rings. The molecule has 168 valence electrons. The van der Waals surface area contributed by atoms with Crippen LogP contribution < -0.4 is 5.32 Å². The van der Waals surface area contributed by atoms with Gasteiger partial charge in [-0.05, 0) is 79.6 Å². The molecule has 30 heavy (non-hydrogen) atoms. The zero-order valence-electron chi connectivity index (χ0n) is 19.4. The first kappa shape index (κ1) is 21.7. The third-order valence-electron chi connectivity index (χ3n) is 9.36. The highest BCUT2D eigenvalue weighted by Gasteiger charge is 2.60. The van der Waals surface area contributed by atoms with Gasteiger partial charge in [-0.2, -0.15) is 0 Å². The molecule has 4 aliphatic rings. The lowest BCUT2D eigenvalue weighted by Gasteiger charge is -2.60. The summed E-state index contributed by atoms with van der Waals surface area (Å²) in [6.07, 6.45) is 11.1. The monoisotopic (exact) mass is 416 g/mol. The van der Waals surface area contributed by atoms with E-state index in [-0.39, 0.29) is 17.4 Å². The first-order valence-corrected chi connectivity index (χ1v) is 12.0. The second-order valence-corrected chi connectivity index (χ2v) is 11.3. The van der Waals surface area contributed by atoms with Gasteiger partial charge in [-0.15, -0.1) is 0 Å². The predicted octanol–water partition coefficient (Wildman–Crippen LogP) is 4.62. The van der Waals surface area contributed by atoms with E-state index in [0.717, 1.165) is 24.8 Å². The summed E-state index contributed by atoms with van der Waals surface area (Å²) < 4.78 is 5.32. The maximum absolute atomic E-state index is 12.2. The van der Waals surface area contributed by atoms with Gasteiger partial charge in [0.1, 0.15) is 0 Å². The molecular formula is C25H40N2O3. The van der Waals surface area contributed by atoms with Crippen LogP contribution in [0, 0.1) is 40.4 Å². The molecule has 0 saturated heterocycles. The summed E-state index contributed by atoms with van der Waals surface area (Å²) in [4.78, 5) is 26.3. The number of alkyl carbamates (subject to hydrolysis) is 1. The number of hydrogen-bond acceptors (Lipinski definition) is 3. The van der Waals surface area contributed by atoms with Crippen molar-refractivity contribution in [1.29, 1.82) is 0 Å². The van der Waals surface area contributed by atoms with Crippen LogP contribution in [-0.4, -0.2) is 43.1 Å². The van der Waals surface area contributed by atoms with Crippen LogP contribution in [0.3, 0.4) is 0 Å². The zero-order valence-corrected chi connectivity index (χ0v) is 19.4. The fourth-order valence-corrected chi connectivity index (χ4v) is 7.68. The summed E-state index contributed by atoms with van der Waals surface area (Å²) in [5.74, 6) is 3.17. The summed E-state index contributed by atoms with van der Waals surface area (Å²) in [7, 11) is 1.98. The van der Waals surface area contributed by atoms with Crippen LogP contribution in [0.4, 0.5) is 4.79 Å². The van der Waals surface area contributed by atoms with Crippen molar-refractivity contribution in [1.82, 2.24) is 10.2 Å². The minimum absolute atomic E-state index is 0.101. The number of rotatable bonds is 4. The van der Waals surface area contributed by atoms with Crippen LogP contribution in [0.2, 0.25) is 0 Å². The molecular weight excluding hydrogens is 376 g/mol. The van der Waals surface area contributed by atoms with Gasteiger partial charge in [-0.3, -0.25) is 4.79 Å². The van der Waals surface area contributed by atoms with Crippen LogP contribution in [0.25, 0.3) is 0 Å². The molecule has 3 saturated carbocycles. The van der Waals surface area contributed by atoms with Gasteiger partial charge < -0.3 is 15.0 Å². The lowest BCUT2D eigenvalue weighted by molar-refractivity contribution is -0.138. The van der Waals surface area contributed by atoms with Crippen LogP contribution in [0.1, 0.15) is 66.2 Å². The number of carbonyl (C=O) groups is 2. The fraction of sp³-hybridized carbons (Fsp3) is 0.840. The van der Waals surface area contributed by atoms with Crippen molar-refractivity contribution >= 4 is 12.0 Å². The van der Waals surface area contributed by atoms with E-state index in [2.05, 4.69) is 39.1 Å². The van der Waals surface area contributed by atoms with E-state index < -0.39 is 0 Å².